The average Bonchev–Trinajstić information content (AvgIpc) is 1.95. The van der Waals surface area contributed by atoms with Gasteiger partial charge in [-0.3, -0.25) is 0 Å². The van der Waals surface area contributed by atoms with Gasteiger partial charge >= 0.3 is 0 Å². The van der Waals surface area contributed by atoms with Gasteiger partial charge in [0, 0.05) is 6.42 Å². The highest BCUT2D eigenvalue weighted by Gasteiger charge is 2.12. The van der Waals surface area contributed by atoms with Gasteiger partial charge in [0.25, 0.3) is 0 Å². The Balaban J connectivity index is 2.62. The van der Waals surface area contributed by atoms with E-state index >= 15 is 0 Å². The summed E-state index contributed by atoms with van der Waals surface area (Å²) in [5.74, 6) is 1.07. The largest absolute Gasteiger partial charge is 0.512 e. The Labute approximate surface area is 68.4 Å². The van der Waals surface area contributed by atoms with Crippen LogP contribution < -0.4 is 0 Å². The van der Waals surface area contributed by atoms with Crippen LogP contribution in [0.5, 0.6) is 0 Å². The summed E-state index contributed by atoms with van der Waals surface area (Å²) in [4.78, 5) is 0. The number of aliphatic hydroxyl groups excluding tert-OH is 1. The number of rotatable bonds is 2. The third-order valence-corrected chi connectivity index (χ3v) is 2.18. The highest BCUT2D eigenvalue weighted by molar-refractivity contribution is 5.22. The molecule has 1 heteroatoms. The molecule has 0 amide bonds. The highest BCUT2D eigenvalue weighted by atomic mass is 16.3. The van der Waals surface area contributed by atoms with Crippen LogP contribution in [0.2, 0.25) is 0 Å². The molecule has 62 valence electrons. The predicted octanol–water partition coefficient (Wildman–Crippen LogP) is 3.19. The minimum absolute atomic E-state index is 0.525. The molecule has 0 aliphatic heterocycles. The van der Waals surface area contributed by atoms with E-state index in [2.05, 4.69) is 19.9 Å². The van der Waals surface area contributed by atoms with Crippen LogP contribution in [0.15, 0.2) is 23.5 Å². The third kappa shape index (κ3) is 2.11. The molecule has 0 heterocycles. The normalized spacial score (nSPS) is 24.4. The molecule has 0 bridgehead atoms. The molecule has 1 nitrogen and oxygen atoms in total. The Kier molecular flexibility index (Phi) is 2.75. The summed E-state index contributed by atoms with van der Waals surface area (Å²) < 4.78 is 0. The minimum atomic E-state index is 0.525. The molecule has 1 rings (SSSR count). The molecule has 1 aliphatic carbocycles. The van der Waals surface area contributed by atoms with Crippen LogP contribution in [0.3, 0.4) is 0 Å². The summed E-state index contributed by atoms with van der Waals surface area (Å²) in [5, 5.41) is 9.18. The lowest BCUT2D eigenvalue weighted by Crippen LogP contribution is -2.04. The number of hydrogen-bond acceptors (Lipinski definition) is 1. The zero-order valence-corrected chi connectivity index (χ0v) is 7.30. The molecule has 1 unspecified atom stereocenters. The van der Waals surface area contributed by atoms with Crippen molar-refractivity contribution >= 4 is 0 Å². The van der Waals surface area contributed by atoms with E-state index in [1.807, 2.05) is 6.08 Å². The number of allylic oxidation sites excluding steroid dienone is 4. The molecule has 0 saturated heterocycles. The van der Waals surface area contributed by atoms with Crippen LogP contribution in [0.25, 0.3) is 0 Å². The molecule has 0 spiro atoms. The molecule has 1 aliphatic rings. The fraction of sp³-hybridized carbons (Fsp3) is 0.600. The lowest BCUT2D eigenvalue weighted by molar-refractivity contribution is 0.363. The lowest BCUT2D eigenvalue weighted by atomic mass is 9.89. The van der Waals surface area contributed by atoms with Crippen LogP contribution in [0, 0.1) is 5.92 Å². The molecule has 0 saturated carbocycles. The molecule has 1 N–H and O–H groups in total. The second-order valence-corrected chi connectivity index (χ2v) is 3.25. The van der Waals surface area contributed by atoms with E-state index in [0.29, 0.717) is 11.7 Å². The Bertz CT molecular complexity index is 189. The fourth-order valence-corrected chi connectivity index (χ4v) is 1.50. The first-order valence-electron chi connectivity index (χ1n) is 4.32. The lowest BCUT2D eigenvalue weighted by Gasteiger charge is -2.18. The van der Waals surface area contributed by atoms with Gasteiger partial charge in [-0.05, 0) is 18.4 Å². The van der Waals surface area contributed by atoms with Gasteiger partial charge in [-0.25, -0.2) is 0 Å². The number of hydrogen-bond donors (Lipinski definition) is 1. The summed E-state index contributed by atoms with van der Waals surface area (Å²) in [6.45, 7) is 4.36. The highest BCUT2D eigenvalue weighted by Crippen LogP contribution is 2.26. The van der Waals surface area contributed by atoms with Gasteiger partial charge in [0.15, 0.2) is 0 Å². The summed E-state index contributed by atoms with van der Waals surface area (Å²) in [5.41, 5.74) is 1.48. The first kappa shape index (κ1) is 8.38. The van der Waals surface area contributed by atoms with Crippen LogP contribution in [-0.2, 0) is 0 Å². The maximum absolute atomic E-state index is 9.18. The summed E-state index contributed by atoms with van der Waals surface area (Å²) in [6, 6.07) is 0. The second kappa shape index (κ2) is 3.61. The predicted molar refractivity (Wildman–Crippen MR) is 47.5 cm³/mol. The molecule has 11 heavy (non-hydrogen) atoms. The summed E-state index contributed by atoms with van der Waals surface area (Å²) >= 11 is 0. The Morgan fingerprint density at radius 2 is 2.27 bits per heavy atom. The van der Waals surface area contributed by atoms with Gasteiger partial charge in [-0.2, -0.15) is 0 Å². The van der Waals surface area contributed by atoms with Crippen molar-refractivity contribution in [1.82, 2.24) is 0 Å². The van der Waals surface area contributed by atoms with Crippen LogP contribution in [0.4, 0.5) is 0 Å². The molecule has 1 atom stereocenters. The van der Waals surface area contributed by atoms with E-state index in [9.17, 15) is 5.11 Å². The first-order chi connectivity index (χ1) is 5.24. The van der Waals surface area contributed by atoms with Gasteiger partial charge in [0.05, 0.1) is 5.76 Å². The van der Waals surface area contributed by atoms with Crippen molar-refractivity contribution in [2.24, 2.45) is 5.92 Å². The van der Waals surface area contributed by atoms with Crippen molar-refractivity contribution in [1.29, 1.82) is 0 Å². The van der Waals surface area contributed by atoms with E-state index in [-0.39, 0.29) is 0 Å². The van der Waals surface area contributed by atoms with E-state index in [0.717, 1.165) is 6.42 Å². The maximum Gasteiger partial charge on any atom is 0.0928 e. The standard InChI is InChI=1S/C10H16O/c1-3-4-9-5-6-10(11)7-8(9)2/h5-6,8,11H,3-4,7H2,1-2H3. The van der Waals surface area contributed by atoms with Gasteiger partial charge < -0.3 is 5.11 Å². The smallest absolute Gasteiger partial charge is 0.0928 e. The molecule has 0 fully saturated rings. The fourth-order valence-electron chi connectivity index (χ4n) is 1.50. The van der Waals surface area contributed by atoms with Gasteiger partial charge in [-0.15, -0.1) is 0 Å². The van der Waals surface area contributed by atoms with E-state index < -0.39 is 0 Å². The SMILES string of the molecule is CCCC1=CC=C(O)CC1C. The third-order valence-electron chi connectivity index (χ3n) is 2.18. The summed E-state index contributed by atoms with van der Waals surface area (Å²) in [7, 11) is 0. The number of aliphatic hydroxyl groups is 1. The molecule has 0 aromatic heterocycles. The molecule has 0 aromatic carbocycles. The second-order valence-electron chi connectivity index (χ2n) is 3.25. The van der Waals surface area contributed by atoms with Crippen LogP contribution in [0.1, 0.15) is 33.1 Å². The molecular formula is C10H16O. The topological polar surface area (TPSA) is 20.2 Å². The van der Waals surface area contributed by atoms with Crippen molar-refractivity contribution in [3.63, 3.8) is 0 Å². The van der Waals surface area contributed by atoms with Crippen molar-refractivity contribution in [2.75, 3.05) is 0 Å². The molecule has 0 aromatic rings. The van der Waals surface area contributed by atoms with Gasteiger partial charge in [0.1, 0.15) is 0 Å². The molecule has 0 radical (unpaired) electrons. The van der Waals surface area contributed by atoms with Crippen LogP contribution >= 0.6 is 0 Å². The van der Waals surface area contributed by atoms with Gasteiger partial charge in [-0.1, -0.05) is 31.9 Å². The first-order valence-corrected chi connectivity index (χ1v) is 4.32. The van der Waals surface area contributed by atoms with Crippen molar-refractivity contribution in [2.45, 2.75) is 33.1 Å². The maximum atomic E-state index is 9.18. The Hall–Kier alpha value is -0.720. The van der Waals surface area contributed by atoms with Crippen molar-refractivity contribution < 1.29 is 5.11 Å². The van der Waals surface area contributed by atoms with Crippen LogP contribution in [-0.4, -0.2) is 5.11 Å². The monoisotopic (exact) mass is 152 g/mol. The molecular weight excluding hydrogens is 136 g/mol. The van der Waals surface area contributed by atoms with Crippen molar-refractivity contribution in [3.8, 4) is 0 Å². The summed E-state index contributed by atoms with van der Waals surface area (Å²) in [6.07, 6.45) is 7.08. The zero-order valence-electron chi connectivity index (χ0n) is 7.30. The minimum Gasteiger partial charge on any atom is -0.512 e. The van der Waals surface area contributed by atoms with E-state index in [4.69, 9.17) is 0 Å². The van der Waals surface area contributed by atoms with Crippen molar-refractivity contribution in [3.05, 3.63) is 23.5 Å². The van der Waals surface area contributed by atoms with E-state index in [1.54, 1.807) is 0 Å². The quantitative estimate of drug-likeness (QED) is 0.644. The van der Waals surface area contributed by atoms with E-state index in [1.165, 1.54) is 18.4 Å². The average molecular weight is 152 g/mol. The Morgan fingerprint density at radius 3 is 2.82 bits per heavy atom. The zero-order chi connectivity index (χ0) is 8.27. The Morgan fingerprint density at radius 1 is 1.55 bits per heavy atom. The van der Waals surface area contributed by atoms with Gasteiger partial charge in [0.2, 0.25) is 0 Å².